The van der Waals surface area contributed by atoms with Crippen LogP contribution in [0, 0.1) is 17.8 Å². The van der Waals surface area contributed by atoms with E-state index in [0.717, 1.165) is 0 Å². The van der Waals surface area contributed by atoms with Gasteiger partial charge in [0.1, 0.15) is 11.7 Å². The zero-order chi connectivity index (χ0) is 22.7. The smallest absolute Gasteiger partial charge is 0.223 e. The van der Waals surface area contributed by atoms with E-state index in [9.17, 15) is 30.3 Å². The Labute approximate surface area is 174 Å². The van der Waals surface area contributed by atoms with Gasteiger partial charge < -0.3 is 35.6 Å². The fraction of sp³-hybridized carbons (Fsp3) is 0.952. The van der Waals surface area contributed by atoms with Crippen LogP contribution in [-0.2, 0) is 9.53 Å². The van der Waals surface area contributed by atoms with Crippen molar-refractivity contribution in [2.45, 2.75) is 103 Å². The van der Waals surface area contributed by atoms with Crippen LogP contribution in [0.2, 0.25) is 0 Å². The van der Waals surface area contributed by atoms with Gasteiger partial charge in [-0.3, -0.25) is 4.79 Å². The van der Waals surface area contributed by atoms with Crippen LogP contribution in [0.5, 0.6) is 0 Å². The summed E-state index contributed by atoms with van der Waals surface area (Å²) in [6.07, 6.45) is -3.86. The Hall–Kier alpha value is -0.770. The molecule has 1 fully saturated rings. The zero-order valence-corrected chi connectivity index (χ0v) is 18.8. The van der Waals surface area contributed by atoms with E-state index in [0.29, 0.717) is 6.42 Å². The van der Waals surface area contributed by atoms with Crippen molar-refractivity contribution >= 4 is 5.91 Å². The van der Waals surface area contributed by atoms with Crippen LogP contribution >= 0.6 is 0 Å². The van der Waals surface area contributed by atoms with Gasteiger partial charge in [-0.05, 0) is 33.6 Å². The molecule has 2 unspecified atom stereocenters. The summed E-state index contributed by atoms with van der Waals surface area (Å²) in [4.78, 5) is 12.6. The Morgan fingerprint density at radius 3 is 2.14 bits per heavy atom. The van der Waals surface area contributed by atoms with Crippen LogP contribution in [-0.4, -0.2) is 79.7 Å². The van der Waals surface area contributed by atoms with E-state index in [-0.39, 0.29) is 13.0 Å². The Morgan fingerprint density at radius 1 is 1.07 bits per heavy atom. The Balaban J connectivity index is 3.26. The van der Waals surface area contributed by atoms with E-state index in [4.69, 9.17) is 4.74 Å². The molecule has 10 atom stereocenters. The molecular weight excluding hydrogens is 378 g/mol. The molecule has 0 aromatic carbocycles. The Bertz CT molecular complexity index is 539. The lowest BCUT2D eigenvalue weighted by atomic mass is 9.78. The number of carbonyl (C=O) groups is 1. The maximum atomic E-state index is 12.6. The normalized spacial score (nSPS) is 49.0. The van der Waals surface area contributed by atoms with Gasteiger partial charge in [-0.2, -0.15) is 0 Å². The molecule has 1 amide bonds. The number of ether oxygens (including phenoxy) is 1. The first-order valence-corrected chi connectivity index (χ1v) is 10.6. The summed E-state index contributed by atoms with van der Waals surface area (Å²) in [7, 11) is 0. The third kappa shape index (κ3) is 6.12. The highest BCUT2D eigenvalue weighted by Gasteiger charge is 2.45. The highest BCUT2D eigenvalue weighted by atomic mass is 16.5. The summed E-state index contributed by atoms with van der Waals surface area (Å²) < 4.78 is 5.84. The molecule has 1 saturated heterocycles. The molecule has 0 bridgehead atoms. The lowest BCUT2D eigenvalue weighted by molar-refractivity contribution is -0.173. The molecular formula is C21H41NO7. The van der Waals surface area contributed by atoms with Gasteiger partial charge >= 0.3 is 0 Å². The molecule has 0 saturated carbocycles. The summed E-state index contributed by atoms with van der Waals surface area (Å²) in [5.41, 5.74) is -3.23. The van der Waals surface area contributed by atoms with Crippen LogP contribution in [0.4, 0.5) is 0 Å². The fourth-order valence-corrected chi connectivity index (χ4v) is 4.31. The molecule has 29 heavy (non-hydrogen) atoms. The second-order valence-corrected chi connectivity index (χ2v) is 9.43. The number of aliphatic hydroxyl groups excluding tert-OH is 3. The molecule has 8 nitrogen and oxygen atoms in total. The van der Waals surface area contributed by atoms with Gasteiger partial charge in [0.05, 0.1) is 36.6 Å². The van der Waals surface area contributed by atoms with Crippen LogP contribution in [0.25, 0.3) is 0 Å². The lowest BCUT2D eigenvalue weighted by Gasteiger charge is -2.39. The van der Waals surface area contributed by atoms with Crippen molar-refractivity contribution in [2.75, 3.05) is 6.61 Å². The SMILES string of the molecule is CCC1OC[C@@H](C)[C@H](O)[C@H](C)[C@@H](O)[C@](C)(O)C[C@@H](C)C(=O)N[C@H](C)[C@@H](O)C1(C)O. The van der Waals surface area contributed by atoms with Gasteiger partial charge in [-0.25, -0.2) is 0 Å². The third-order valence-electron chi connectivity index (χ3n) is 6.45. The first kappa shape index (κ1) is 26.3. The monoisotopic (exact) mass is 419 g/mol. The Kier molecular flexibility index (Phi) is 9.08. The first-order valence-electron chi connectivity index (χ1n) is 10.6. The summed E-state index contributed by atoms with van der Waals surface area (Å²) in [6, 6.07) is -0.764. The molecule has 1 aliphatic heterocycles. The standard InChI is InChI=1S/C21H41NO7/c1-8-15-21(7,28)18(25)14(5)22-19(26)11(2)9-20(6,27)17(24)13(4)16(23)12(3)10-29-15/h11-18,23-25,27-28H,8-10H2,1-7H3,(H,22,26)/t11-,12-,13+,14-,15?,16+,17-,18-,20-,21?/m1/s1. The van der Waals surface area contributed by atoms with E-state index in [2.05, 4.69) is 5.32 Å². The highest BCUT2D eigenvalue weighted by Crippen LogP contribution is 2.31. The topological polar surface area (TPSA) is 139 Å². The van der Waals surface area contributed by atoms with Crippen molar-refractivity contribution in [3.8, 4) is 0 Å². The average molecular weight is 420 g/mol. The van der Waals surface area contributed by atoms with Gasteiger partial charge in [-0.1, -0.05) is 27.7 Å². The summed E-state index contributed by atoms with van der Waals surface area (Å²) >= 11 is 0. The van der Waals surface area contributed by atoms with Crippen LogP contribution < -0.4 is 5.32 Å². The number of aliphatic hydroxyl groups is 5. The average Bonchev–Trinajstić information content (AvgIpc) is 2.64. The van der Waals surface area contributed by atoms with Crippen molar-refractivity contribution in [2.24, 2.45) is 17.8 Å². The van der Waals surface area contributed by atoms with Gasteiger partial charge in [0, 0.05) is 17.8 Å². The quantitative estimate of drug-likeness (QED) is 0.356. The fourth-order valence-electron chi connectivity index (χ4n) is 4.31. The largest absolute Gasteiger partial charge is 0.392 e. The molecule has 8 heteroatoms. The molecule has 0 spiro atoms. The molecule has 172 valence electrons. The minimum Gasteiger partial charge on any atom is -0.392 e. The van der Waals surface area contributed by atoms with E-state index >= 15 is 0 Å². The second kappa shape index (κ2) is 10.0. The minimum absolute atomic E-state index is 0.0290. The van der Waals surface area contributed by atoms with Crippen molar-refractivity contribution in [3.05, 3.63) is 0 Å². The van der Waals surface area contributed by atoms with Gasteiger partial charge in [0.2, 0.25) is 5.91 Å². The number of rotatable bonds is 1. The highest BCUT2D eigenvalue weighted by molar-refractivity contribution is 5.78. The molecule has 0 aromatic rings. The molecule has 0 aromatic heterocycles. The van der Waals surface area contributed by atoms with E-state index in [1.54, 1.807) is 27.7 Å². The number of nitrogens with one attached hydrogen (secondary N) is 1. The van der Waals surface area contributed by atoms with Crippen LogP contribution in [0.3, 0.4) is 0 Å². The molecule has 0 aliphatic carbocycles. The number of carbonyl (C=O) groups excluding carboxylic acids is 1. The predicted octanol–water partition coefficient (Wildman–Crippen LogP) is 0.183. The van der Waals surface area contributed by atoms with Crippen molar-refractivity contribution < 1.29 is 35.1 Å². The zero-order valence-electron chi connectivity index (χ0n) is 18.8. The molecule has 1 heterocycles. The van der Waals surface area contributed by atoms with Crippen LogP contribution in [0.15, 0.2) is 0 Å². The first-order chi connectivity index (χ1) is 13.2. The van der Waals surface area contributed by atoms with Gasteiger partial charge in [0.25, 0.3) is 0 Å². The molecule has 1 aliphatic rings. The van der Waals surface area contributed by atoms with E-state index in [1.807, 2.05) is 6.92 Å². The van der Waals surface area contributed by atoms with Gasteiger partial charge in [-0.15, -0.1) is 0 Å². The predicted molar refractivity (Wildman–Crippen MR) is 109 cm³/mol. The summed E-state index contributed by atoms with van der Waals surface area (Å²) in [6.45, 7) is 11.4. The third-order valence-corrected chi connectivity index (χ3v) is 6.45. The number of amides is 1. The number of hydrogen-bond acceptors (Lipinski definition) is 7. The maximum absolute atomic E-state index is 12.6. The summed E-state index contributed by atoms with van der Waals surface area (Å²) in [5, 5.41) is 56.5. The lowest BCUT2D eigenvalue weighted by Crippen LogP contribution is -2.59. The van der Waals surface area contributed by atoms with Crippen molar-refractivity contribution in [3.63, 3.8) is 0 Å². The van der Waals surface area contributed by atoms with Gasteiger partial charge in [0.15, 0.2) is 0 Å². The minimum atomic E-state index is -1.63. The second-order valence-electron chi connectivity index (χ2n) is 9.43. The summed E-state index contributed by atoms with van der Waals surface area (Å²) in [5.74, 6) is -2.14. The van der Waals surface area contributed by atoms with E-state index < -0.39 is 65.3 Å². The van der Waals surface area contributed by atoms with Crippen molar-refractivity contribution in [1.29, 1.82) is 0 Å². The Morgan fingerprint density at radius 2 is 1.62 bits per heavy atom. The van der Waals surface area contributed by atoms with Crippen LogP contribution in [0.1, 0.15) is 61.3 Å². The van der Waals surface area contributed by atoms with Crippen molar-refractivity contribution in [1.82, 2.24) is 5.32 Å². The molecule has 6 N–H and O–H groups in total. The molecule has 1 rings (SSSR count). The number of hydrogen-bond donors (Lipinski definition) is 6. The molecule has 0 radical (unpaired) electrons. The maximum Gasteiger partial charge on any atom is 0.223 e. The van der Waals surface area contributed by atoms with E-state index in [1.165, 1.54) is 13.8 Å².